The molecule has 24 heavy (non-hydrogen) atoms. The molecule has 1 aliphatic carbocycles. The predicted molar refractivity (Wildman–Crippen MR) is 86.7 cm³/mol. The van der Waals surface area contributed by atoms with E-state index in [1.54, 1.807) is 0 Å². The molecule has 1 aliphatic rings. The number of fused-ring (bicyclic) bond motifs is 1. The molecule has 4 unspecified atom stereocenters. The number of hydrogen-bond donors (Lipinski definition) is 1. The summed E-state index contributed by atoms with van der Waals surface area (Å²) < 4.78 is 59.4. The molecule has 0 bridgehead atoms. The van der Waals surface area contributed by atoms with Crippen molar-refractivity contribution in [3.63, 3.8) is 0 Å². The maximum absolute atomic E-state index is 14.3. The van der Waals surface area contributed by atoms with Gasteiger partial charge in [-0.1, -0.05) is 15.9 Å². The lowest BCUT2D eigenvalue weighted by molar-refractivity contribution is 0.0455. The zero-order valence-corrected chi connectivity index (χ0v) is 14.7. The van der Waals surface area contributed by atoms with E-state index in [0.717, 1.165) is 6.07 Å². The summed E-state index contributed by atoms with van der Waals surface area (Å²) in [5.41, 5.74) is -0.258. The maximum atomic E-state index is 14.3. The van der Waals surface area contributed by atoms with Gasteiger partial charge in [-0.25, -0.2) is 13.2 Å². The molecule has 4 atom stereocenters. The molecular formula is C16H12BrF3O3S. The Morgan fingerprint density at radius 2 is 1.92 bits per heavy atom. The Balaban J connectivity index is 2.12. The molecule has 2 aromatic carbocycles. The molecule has 3 rings (SSSR count). The van der Waals surface area contributed by atoms with Crippen molar-refractivity contribution in [1.29, 1.82) is 0 Å². The predicted octanol–water partition coefficient (Wildman–Crippen LogP) is 4.51. The fraction of sp³-hybridized carbons (Fsp3) is 0.250. The number of rotatable bonds is 3. The molecule has 3 nitrogen and oxygen atoms in total. The summed E-state index contributed by atoms with van der Waals surface area (Å²) >= 11 is 3.12. The highest BCUT2D eigenvalue weighted by molar-refractivity contribution is 9.10. The Morgan fingerprint density at radius 3 is 2.54 bits per heavy atom. The first-order chi connectivity index (χ1) is 11.3. The molecule has 0 aliphatic heterocycles. The van der Waals surface area contributed by atoms with Crippen LogP contribution in [0, 0.1) is 5.82 Å². The van der Waals surface area contributed by atoms with E-state index in [1.165, 1.54) is 30.5 Å². The second-order valence-corrected chi connectivity index (χ2v) is 7.61. The third kappa shape index (κ3) is 2.98. The highest BCUT2D eigenvalue weighted by Crippen LogP contribution is 2.50. The van der Waals surface area contributed by atoms with E-state index in [9.17, 15) is 22.5 Å². The molecule has 0 aromatic heterocycles. The average molecular weight is 421 g/mol. The fourth-order valence-corrected chi connectivity index (χ4v) is 3.96. The second kappa shape index (κ2) is 6.50. The van der Waals surface area contributed by atoms with Crippen molar-refractivity contribution in [2.24, 2.45) is 0 Å². The van der Waals surface area contributed by atoms with Crippen LogP contribution in [0.5, 0.6) is 11.5 Å². The zero-order chi connectivity index (χ0) is 17.6. The molecule has 0 saturated carbocycles. The van der Waals surface area contributed by atoms with Crippen molar-refractivity contribution < 1.29 is 27.2 Å². The molecule has 0 saturated heterocycles. The Morgan fingerprint density at radius 1 is 1.21 bits per heavy atom. The van der Waals surface area contributed by atoms with Gasteiger partial charge in [-0.2, -0.15) is 0 Å². The smallest absolute Gasteiger partial charge is 0.165 e. The normalized spacial score (nSPS) is 23.8. The van der Waals surface area contributed by atoms with Crippen LogP contribution < -0.4 is 4.74 Å². The first-order valence-corrected chi connectivity index (χ1v) is 9.25. The number of hydrogen-bond acceptors (Lipinski definition) is 3. The van der Waals surface area contributed by atoms with E-state index in [-0.39, 0.29) is 27.5 Å². The standard InChI is InChI=1S/C16H12BrF3O3S/c1-24(22)11-3-2-10(12-13(11)16(21)15(20)14(12)19)23-9-5-7(17)4-8(18)6-9/h2-6,14-16,21H,1H3. The number of aliphatic hydroxyl groups excluding tert-OH is 1. The van der Waals surface area contributed by atoms with Crippen LogP contribution in [0.15, 0.2) is 39.7 Å². The van der Waals surface area contributed by atoms with Crippen molar-refractivity contribution in [3.05, 3.63) is 51.7 Å². The molecule has 128 valence electrons. The van der Waals surface area contributed by atoms with E-state index in [2.05, 4.69) is 15.9 Å². The molecule has 0 radical (unpaired) electrons. The first-order valence-electron chi connectivity index (χ1n) is 6.90. The van der Waals surface area contributed by atoms with Crippen LogP contribution in [0.1, 0.15) is 23.4 Å². The van der Waals surface area contributed by atoms with Gasteiger partial charge in [0.25, 0.3) is 0 Å². The Bertz CT molecular complexity index is 810. The lowest BCUT2D eigenvalue weighted by Gasteiger charge is -2.14. The third-order valence-corrected chi connectivity index (χ3v) is 5.17. The third-order valence-electron chi connectivity index (χ3n) is 3.73. The molecule has 2 aromatic rings. The maximum Gasteiger partial charge on any atom is 0.165 e. The number of halogens is 4. The van der Waals surface area contributed by atoms with Gasteiger partial charge in [0, 0.05) is 32.8 Å². The van der Waals surface area contributed by atoms with Gasteiger partial charge in [0.05, 0.1) is 10.8 Å². The van der Waals surface area contributed by atoms with Crippen molar-refractivity contribution in [3.8, 4) is 11.5 Å². The lowest BCUT2D eigenvalue weighted by Crippen LogP contribution is -2.10. The quantitative estimate of drug-likeness (QED) is 0.794. The average Bonchev–Trinajstić information content (AvgIpc) is 2.72. The van der Waals surface area contributed by atoms with Gasteiger partial charge >= 0.3 is 0 Å². The van der Waals surface area contributed by atoms with Gasteiger partial charge in [-0.3, -0.25) is 4.21 Å². The summed E-state index contributed by atoms with van der Waals surface area (Å²) in [7, 11) is -1.54. The minimum Gasteiger partial charge on any atom is -0.457 e. The first kappa shape index (κ1) is 17.4. The lowest BCUT2D eigenvalue weighted by atomic mass is 10.1. The van der Waals surface area contributed by atoms with Gasteiger partial charge in [-0.05, 0) is 24.3 Å². The molecule has 0 fully saturated rings. The van der Waals surface area contributed by atoms with Crippen LogP contribution in [-0.2, 0) is 10.8 Å². The minimum atomic E-state index is -2.17. The van der Waals surface area contributed by atoms with Crippen molar-refractivity contribution in [2.45, 2.75) is 23.3 Å². The van der Waals surface area contributed by atoms with Crippen LogP contribution in [0.2, 0.25) is 0 Å². The van der Waals surface area contributed by atoms with E-state index < -0.39 is 35.1 Å². The summed E-state index contributed by atoms with van der Waals surface area (Å²) in [5, 5.41) is 9.96. The van der Waals surface area contributed by atoms with Gasteiger partial charge in [0.2, 0.25) is 0 Å². The van der Waals surface area contributed by atoms with E-state index in [0.29, 0.717) is 4.47 Å². The number of aliphatic hydroxyl groups is 1. The Hall–Kier alpha value is -1.38. The topological polar surface area (TPSA) is 46.5 Å². The van der Waals surface area contributed by atoms with Crippen molar-refractivity contribution >= 4 is 26.7 Å². The minimum absolute atomic E-state index is 0.0524. The van der Waals surface area contributed by atoms with Crippen LogP contribution in [0.4, 0.5) is 13.2 Å². The molecule has 0 spiro atoms. The Kier molecular flexibility index (Phi) is 4.72. The summed E-state index contributed by atoms with van der Waals surface area (Å²) in [6, 6.07) is 6.50. The van der Waals surface area contributed by atoms with E-state index in [4.69, 9.17) is 4.74 Å². The van der Waals surface area contributed by atoms with E-state index >= 15 is 0 Å². The molecule has 0 heterocycles. The number of alkyl halides is 2. The van der Waals surface area contributed by atoms with Gasteiger partial charge in [0.15, 0.2) is 12.3 Å². The van der Waals surface area contributed by atoms with Crippen LogP contribution in [-0.4, -0.2) is 21.7 Å². The van der Waals surface area contributed by atoms with Crippen LogP contribution in [0.3, 0.4) is 0 Å². The molecule has 1 N–H and O–H groups in total. The largest absolute Gasteiger partial charge is 0.457 e. The fourth-order valence-electron chi connectivity index (χ4n) is 2.72. The highest BCUT2D eigenvalue weighted by Gasteiger charge is 2.45. The van der Waals surface area contributed by atoms with Gasteiger partial charge < -0.3 is 9.84 Å². The number of benzene rings is 2. The molecular weight excluding hydrogens is 409 g/mol. The highest BCUT2D eigenvalue weighted by atomic mass is 79.9. The van der Waals surface area contributed by atoms with Gasteiger partial charge in [0.1, 0.15) is 23.4 Å². The van der Waals surface area contributed by atoms with Gasteiger partial charge in [-0.15, -0.1) is 0 Å². The molecule has 8 heteroatoms. The summed E-state index contributed by atoms with van der Waals surface area (Å²) in [4.78, 5) is 0.146. The summed E-state index contributed by atoms with van der Waals surface area (Å²) in [6.07, 6.45) is -4.67. The van der Waals surface area contributed by atoms with Crippen molar-refractivity contribution in [1.82, 2.24) is 0 Å². The van der Waals surface area contributed by atoms with Crippen LogP contribution >= 0.6 is 15.9 Å². The van der Waals surface area contributed by atoms with E-state index in [1.807, 2.05) is 0 Å². The summed E-state index contributed by atoms with van der Waals surface area (Å²) in [5.74, 6) is -0.538. The molecule has 0 amide bonds. The SMILES string of the molecule is CS(=O)c1ccc(Oc2cc(F)cc(Br)c2)c2c1C(O)C(F)C2F. The van der Waals surface area contributed by atoms with Crippen molar-refractivity contribution in [2.75, 3.05) is 6.26 Å². The summed E-state index contributed by atoms with van der Waals surface area (Å²) in [6.45, 7) is 0. The Labute approximate surface area is 147 Å². The monoisotopic (exact) mass is 420 g/mol. The second-order valence-electron chi connectivity index (χ2n) is 5.34. The number of ether oxygens (including phenoxy) is 1. The van der Waals surface area contributed by atoms with Crippen LogP contribution in [0.25, 0.3) is 0 Å². The zero-order valence-electron chi connectivity index (χ0n) is 12.3.